The minimum Gasteiger partial charge on any atom is -0.493 e. The van der Waals surface area contributed by atoms with E-state index in [0.717, 1.165) is 16.9 Å². The van der Waals surface area contributed by atoms with Gasteiger partial charge >= 0.3 is 0 Å². The first kappa shape index (κ1) is 23.9. The van der Waals surface area contributed by atoms with Crippen LogP contribution in [0.5, 0.6) is 23.0 Å². The number of anilines is 1. The number of hydrogen-bond acceptors (Lipinski definition) is 4. The predicted octanol–water partition coefficient (Wildman–Crippen LogP) is 7.33. The molecule has 0 bridgehead atoms. The maximum Gasteiger partial charge on any atom is 0.255 e. The molecule has 0 radical (unpaired) electrons. The molecule has 5 nitrogen and oxygen atoms in total. The summed E-state index contributed by atoms with van der Waals surface area (Å²) in [5, 5.41) is 2.97. The van der Waals surface area contributed by atoms with Crippen LogP contribution in [0.4, 0.5) is 5.69 Å². The molecule has 4 aromatic carbocycles. The van der Waals surface area contributed by atoms with E-state index in [4.69, 9.17) is 14.2 Å². The van der Waals surface area contributed by atoms with E-state index >= 15 is 0 Å². The fraction of sp³-hybridized carbons (Fsp3) is 0.167. The van der Waals surface area contributed by atoms with E-state index in [2.05, 4.69) is 19.2 Å². The van der Waals surface area contributed by atoms with Crippen molar-refractivity contribution < 1.29 is 19.0 Å². The van der Waals surface area contributed by atoms with Gasteiger partial charge in [0, 0.05) is 11.1 Å². The standard InChI is InChI=1S/C30H29NO4/c1-4-33-28-17-15-23(19-24(28)20-34-26-16-14-21(2)22(3)18-26)30(32)31-27-12-8-9-13-29(27)35-25-10-6-5-7-11-25/h5-19H,4,20H2,1-3H3,(H,31,32). The van der Waals surface area contributed by atoms with Crippen molar-refractivity contribution in [3.8, 4) is 23.0 Å². The number of nitrogens with one attached hydrogen (secondary N) is 1. The van der Waals surface area contributed by atoms with Crippen molar-refractivity contribution in [3.63, 3.8) is 0 Å². The van der Waals surface area contributed by atoms with Crippen LogP contribution in [-0.2, 0) is 6.61 Å². The van der Waals surface area contributed by atoms with Gasteiger partial charge in [0.2, 0.25) is 0 Å². The molecular weight excluding hydrogens is 438 g/mol. The molecule has 178 valence electrons. The topological polar surface area (TPSA) is 56.8 Å². The van der Waals surface area contributed by atoms with Gasteiger partial charge in [-0.3, -0.25) is 4.79 Å². The zero-order chi connectivity index (χ0) is 24.6. The summed E-state index contributed by atoms with van der Waals surface area (Å²) in [5.74, 6) is 2.49. The monoisotopic (exact) mass is 467 g/mol. The Labute approximate surface area is 206 Å². The first-order chi connectivity index (χ1) is 17.0. The Kier molecular flexibility index (Phi) is 7.68. The summed E-state index contributed by atoms with van der Waals surface area (Å²) in [4.78, 5) is 13.1. The van der Waals surface area contributed by atoms with Crippen molar-refractivity contribution in [2.45, 2.75) is 27.4 Å². The van der Waals surface area contributed by atoms with Crippen molar-refractivity contribution >= 4 is 11.6 Å². The second-order valence-electron chi connectivity index (χ2n) is 8.16. The van der Waals surface area contributed by atoms with Crippen LogP contribution in [0.15, 0.2) is 91.0 Å². The molecule has 0 spiro atoms. The summed E-state index contributed by atoms with van der Waals surface area (Å²) >= 11 is 0. The van der Waals surface area contributed by atoms with Crippen molar-refractivity contribution in [2.75, 3.05) is 11.9 Å². The van der Waals surface area contributed by atoms with Crippen molar-refractivity contribution in [3.05, 3.63) is 113 Å². The molecule has 0 saturated heterocycles. The van der Waals surface area contributed by atoms with Gasteiger partial charge in [0.15, 0.2) is 5.75 Å². The van der Waals surface area contributed by atoms with E-state index in [1.807, 2.05) is 91.9 Å². The maximum absolute atomic E-state index is 13.1. The highest BCUT2D eigenvalue weighted by Crippen LogP contribution is 2.30. The molecular formula is C30H29NO4. The third-order valence-corrected chi connectivity index (χ3v) is 5.60. The second kappa shape index (κ2) is 11.3. The van der Waals surface area contributed by atoms with Crippen LogP contribution in [-0.4, -0.2) is 12.5 Å². The van der Waals surface area contributed by atoms with Crippen LogP contribution in [0.3, 0.4) is 0 Å². The van der Waals surface area contributed by atoms with Crippen LogP contribution in [0.25, 0.3) is 0 Å². The lowest BCUT2D eigenvalue weighted by Crippen LogP contribution is -2.13. The Balaban J connectivity index is 1.52. The first-order valence-corrected chi connectivity index (χ1v) is 11.6. The smallest absolute Gasteiger partial charge is 0.255 e. The molecule has 1 N–H and O–H groups in total. The molecule has 0 aliphatic heterocycles. The highest BCUT2D eigenvalue weighted by molar-refractivity contribution is 6.05. The molecule has 0 saturated carbocycles. The molecule has 4 rings (SSSR count). The number of hydrogen-bond donors (Lipinski definition) is 1. The van der Waals surface area contributed by atoms with Crippen molar-refractivity contribution in [1.82, 2.24) is 0 Å². The third-order valence-electron chi connectivity index (χ3n) is 5.60. The number of aryl methyl sites for hydroxylation is 2. The average molecular weight is 468 g/mol. The zero-order valence-electron chi connectivity index (χ0n) is 20.2. The molecule has 35 heavy (non-hydrogen) atoms. The molecule has 0 fully saturated rings. The Morgan fingerprint density at radius 3 is 2.29 bits per heavy atom. The first-order valence-electron chi connectivity index (χ1n) is 11.6. The molecule has 0 atom stereocenters. The van der Waals surface area contributed by atoms with E-state index in [1.54, 1.807) is 6.07 Å². The Bertz CT molecular complexity index is 1300. The fourth-order valence-electron chi connectivity index (χ4n) is 3.56. The number of benzene rings is 4. The molecule has 0 aromatic heterocycles. The van der Waals surface area contributed by atoms with Crippen LogP contribution >= 0.6 is 0 Å². The van der Waals surface area contributed by atoms with Gasteiger partial charge in [-0.1, -0.05) is 36.4 Å². The lowest BCUT2D eigenvalue weighted by molar-refractivity contribution is 0.102. The summed E-state index contributed by atoms with van der Waals surface area (Å²) < 4.78 is 17.8. The van der Waals surface area contributed by atoms with Gasteiger partial charge in [-0.2, -0.15) is 0 Å². The Morgan fingerprint density at radius 1 is 0.743 bits per heavy atom. The minimum atomic E-state index is -0.246. The number of para-hydroxylation sites is 3. The van der Waals surface area contributed by atoms with E-state index < -0.39 is 0 Å². The molecule has 4 aromatic rings. The van der Waals surface area contributed by atoms with E-state index in [9.17, 15) is 4.79 Å². The Hall–Kier alpha value is -4.25. The molecule has 0 unspecified atom stereocenters. The summed E-state index contributed by atoms with van der Waals surface area (Å²) in [7, 11) is 0. The van der Waals surface area contributed by atoms with Crippen molar-refractivity contribution in [2.24, 2.45) is 0 Å². The number of amides is 1. The van der Waals surface area contributed by atoms with Crippen LogP contribution in [0, 0.1) is 13.8 Å². The number of carbonyl (C=O) groups excluding carboxylic acids is 1. The highest BCUT2D eigenvalue weighted by atomic mass is 16.5. The van der Waals surface area contributed by atoms with Gasteiger partial charge in [-0.05, 0) is 86.5 Å². The molecule has 5 heteroatoms. The largest absolute Gasteiger partial charge is 0.493 e. The van der Waals surface area contributed by atoms with E-state index in [0.29, 0.717) is 35.1 Å². The summed E-state index contributed by atoms with van der Waals surface area (Å²) in [5.41, 5.74) is 4.26. The molecule has 0 aliphatic carbocycles. The maximum atomic E-state index is 13.1. The number of carbonyl (C=O) groups is 1. The summed E-state index contributed by atoms with van der Waals surface area (Å²) in [6, 6.07) is 28.2. The van der Waals surface area contributed by atoms with Gasteiger partial charge in [0.1, 0.15) is 23.9 Å². The predicted molar refractivity (Wildman–Crippen MR) is 139 cm³/mol. The molecule has 0 aliphatic rings. The zero-order valence-corrected chi connectivity index (χ0v) is 20.2. The summed E-state index contributed by atoms with van der Waals surface area (Å²) in [6.45, 7) is 6.85. The highest BCUT2D eigenvalue weighted by Gasteiger charge is 2.14. The fourth-order valence-corrected chi connectivity index (χ4v) is 3.56. The third kappa shape index (κ3) is 6.21. The van der Waals surface area contributed by atoms with Gasteiger partial charge in [0.05, 0.1) is 12.3 Å². The van der Waals surface area contributed by atoms with Crippen LogP contribution < -0.4 is 19.5 Å². The number of ether oxygens (including phenoxy) is 3. The van der Waals surface area contributed by atoms with Gasteiger partial charge < -0.3 is 19.5 Å². The van der Waals surface area contributed by atoms with E-state index in [1.165, 1.54) is 5.56 Å². The second-order valence-corrected chi connectivity index (χ2v) is 8.16. The average Bonchev–Trinajstić information content (AvgIpc) is 2.87. The van der Waals surface area contributed by atoms with E-state index in [-0.39, 0.29) is 12.5 Å². The van der Waals surface area contributed by atoms with Gasteiger partial charge in [-0.25, -0.2) is 0 Å². The summed E-state index contributed by atoms with van der Waals surface area (Å²) in [6.07, 6.45) is 0. The van der Waals surface area contributed by atoms with Gasteiger partial charge in [0.25, 0.3) is 5.91 Å². The molecule has 1 amide bonds. The lowest BCUT2D eigenvalue weighted by atomic mass is 10.1. The van der Waals surface area contributed by atoms with Gasteiger partial charge in [-0.15, -0.1) is 0 Å². The normalized spacial score (nSPS) is 10.5. The lowest BCUT2D eigenvalue weighted by Gasteiger charge is -2.15. The van der Waals surface area contributed by atoms with Crippen LogP contribution in [0.1, 0.15) is 34.0 Å². The Morgan fingerprint density at radius 2 is 1.51 bits per heavy atom. The quantitative estimate of drug-likeness (QED) is 0.280. The SMILES string of the molecule is CCOc1ccc(C(=O)Nc2ccccc2Oc2ccccc2)cc1COc1ccc(C)c(C)c1. The van der Waals surface area contributed by atoms with Crippen molar-refractivity contribution in [1.29, 1.82) is 0 Å². The minimum absolute atomic E-state index is 0.246. The number of rotatable bonds is 9. The van der Waals surface area contributed by atoms with Crippen LogP contribution in [0.2, 0.25) is 0 Å². The molecule has 0 heterocycles.